The van der Waals surface area contributed by atoms with Crippen molar-refractivity contribution >= 4 is 17.3 Å². The number of aromatic amines is 1. The maximum absolute atomic E-state index is 11.7. The molecule has 2 rings (SSSR count). The lowest BCUT2D eigenvalue weighted by Gasteiger charge is -2.34. The van der Waals surface area contributed by atoms with E-state index in [4.69, 9.17) is 11.5 Å². The van der Waals surface area contributed by atoms with E-state index >= 15 is 0 Å². The van der Waals surface area contributed by atoms with Crippen LogP contribution in [-0.4, -0.2) is 21.4 Å². The SMILES string of the molecule is CC(C)(C)CC(C)(C)Nc1nc(/C(=C\N)C(N)=O)[nH]c1C1CCCCC1. The first-order valence-electron chi connectivity index (χ1n) is 9.62. The van der Waals surface area contributed by atoms with Crippen LogP contribution in [0, 0.1) is 5.41 Å². The van der Waals surface area contributed by atoms with Crippen molar-refractivity contribution in [3.8, 4) is 0 Å². The number of primary amides is 1. The van der Waals surface area contributed by atoms with Gasteiger partial charge in [0.05, 0.1) is 11.3 Å². The summed E-state index contributed by atoms with van der Waals surface area (Å²) in [6, 6.07) is 0. The van der Waals surface area contributed by atoms with E-state index in [0.29, 0.717) is 11.7 Å². The van der Waals surface area contributed by atoms with Crippen molar-refractivity contribution in [2.75, 3.05) is 5.32 Å². The van der Waals surface area contributed by atoms with Gasteiger partial charge in [-0.25, -0.2) is 4.98 Å². The first kappa shape index (κ1) is 20.3. The summed E-state index contributed by atoms with van der Waals surface area (Å²) in [5.41, 5.74) is 12.4. The van der Waals surface area contributed by atoms with Crippen LogP contribution in [0.4, 0.5) is 5.82 Å². The number of hydrogen-bond acceptors (Lipinski definition) is 4. The molecule has 0 spiro atoms. The standard InChI is InChI=1S/C20H35N5O/c1-19(2,3)12-20(4,5)25-18-15(13-9-7-6-8-10-13)23-17(24-18)14(11-21)16(22)26/h11,13,25H,6-10,12,21H2,1-5H3,(H2,22,26)(H,23,24)/b14-11-. The number of nitrogens with zero attached hydrogens (tertiary/aromatic N) is 1. The number of anilines is 1. The molecule has 1 amide bonds. The van der Waals surface area contributed by atoms with Crippen molar-refractivity contribution in [2.24, 2.45) is 16.9 Å². The zero-order valence-corrected chi connectivity index (χ0v) is 16.9. The van der Waals surface area contributed by atoms with Crippen LogP contribution in [0.1, 0.15) is 90.6 Å². The highest BCUT2D eigenvalue weighted by atomic mass is 16.1. The van der Waals surface area contributed by atoms with Crippen molar-refractivity contribution in [1.82, 2.24) is 9.97 Å². The first-order valence-corrected chi connectivity index (χ1v) is 9.62. The quantitative estimate of drug-likeness (QED) is 0.576. The Balaban J connectivity index is 2.38. The van der Waals surface area contributed by atoms with Crippen molar-refractivity contribution in [3.63, 3.8) is 0 Å². The summed E-state index contributed by atoms with van der Waals surface area (Å²) in [5.74, 6) is 1.12. The third kappa shape index (κ3) is 5.26. The molecule has 1 aromatic heterocycles. The molecule has 0 aliphatic heterocycles. The average Bonchev–Trinajstić information content (AvgIpc) is 2.88. The molecule has 1 aromatic rings. The summed E-state index contributed by atoms with van der Waals surface area (Å²) in [6.07, 6.45) is 8.21. The van der Waals surface area contributed by atoms with Crippen LogP contribution in [0.5, 0.6) is 0 Å². The van der Waals surface area contributed by atoms with Crippen LogP contribution >= 0.6 is 0 Å². The molecule has 1 aliphatic rings. The van der Waals surface area contributed by atoms with E-state index in [1.807, 2.05) is 0 Å². The number of nitrogens with one attached hydrogen (secondary N) is 2. The van der Waals surface area contributed by atoms with Gasteiger partial charge in [-0.2, -0.15) is 0 Å². The van der Waals surface area contributed by atoms with Gasteiger partial charge in [0.2, 0.25) is 0 Å². The molecule has 6 N–H and O–H groups in total. The second kappa shape index (κ2) is 7.72. The molecular formula is C20H35N5O. The number of H-pyrrole nitrogens is 1. The second-order valence-corrected chi connectivity index (χ2v) is 9.37. The fraction of sp³-hybridized carbons (Fsp3) is 0.700. The van der Waals surface area contributed by atoms with Gasteiger partial charge in [0.1, 0.15) is 11.6 Å². The highest BCUT2D eigenvalue weighted by Gasteiger charge is 2.30. The van der Waals surface area contributed by atoms with Gasteiger partial charge >= 0.3 is 0 Å². The maximum Gasteiger partial charge on any atom is 0.253 e. The molecule has 0 atom stereocenters. The Morgan fingerprint density at radius 2 is 1.85 bits per heavy atom. The number of aromatic nitrogens is 2. The van der Waals surface area contributed by atoms with E-state index < -0.39 is 5.91 Å². The van der Waals surface area contributed by atoms with Crippen LogP contribution in [0.3, 0.4) is 0 Å². The monoisotopic (exact) mass is 361 g/mol. The van der Waals surface area contributed by atoms with Crippen molar-refractivity contribution in [3.05, 3.63) is 17.7 Å². The van der Waals surface area contributed by atoms with Gasteiger partial charge < -0.3 is 21.8 Å². The molecule has 1 aliphatic carbocycles. The maximum atomic E-state index is 11.7. The topological polar surface area (TPSA) is 110 Å². The minimum Gasteiger partial charge on any atom is -0.404 e. The number of amides is 1. The molecule has 6 heteroatoms. The molecule has 0 aromatic carbocycles. The average molecular weight is 362 g/mol. The van der Waals surface area contributed by atoms with E-state index in [0.717, 1.165) is 30.8 Å². The largest absolute Gasteiger partial charge is 0.404 e. The summed E-state index contributed by atoms with van der Waals surface area (Å²) in [4.78, 5) is 19.7. The number of rotatable bonds is 6. The number of nitrogens with two attached hydrogens (primary N) is 2. The van der Waals surface area contributed by atoms with Crippen molar-refractivity contribution in [1.29, 1.82) is 0 Å². The summed E-state index contributed by atoms with van der Waals surface area (Å²) in [7, 11) is 0. The van der Waals surface area contributed by atoms with E-state index in [1.54, 1.807) is 0 Å². The van der Waals surface area contributed by atoms with Gasteiger partial charge in [-0.3, -0.25) is 4.79 Å². The molecule has 1 fully saturated rings. The molecule has 1 heterocycles. The Hall–Kier alpha value is -1.98. The van der Waals surface area contributed by atoms with Crippen LogP contribution in [-0.2, 0) is 4.79 Å². The van der Waals surface area contributed by atoms with Gasteiger partial charge in [0.25, 0.3) is 5.91 Å². The number of hydrogen-bond donors (Lipinski definition) is 4. The van der Waals surface area contributed by atoms with Gasteiger partial charge in [-0.1, -0.05) is 40.0 Å². The lowest BCUT2D eigenvalue weighted by atomic mass is 9.81. The Bertz CT molecular complexity index is 660. The summed E-state index contributed by atoms with van der Waals surface area (Å²) in [5, 5.41) is 3.62. The fourth-order valence-corrected chi connectivity index (χ4v) is 4.26. The summed E-state index contributed by atoms with van der Waals surface area (Å²) < 4.78 is 0. The van der Waals surface area contributed by atoms with Crippen molar-refractivity contribution in [2.45, 2.75) is 84.6 Å². The molecule has 26 heavy (non-hydrogen) atoms. The number of carbonyl (C=O) groups is 1. The smallest absolute Gasteiger partial charge is 0.253 e. The third-order valence-electron chi connectivity index (χ3n) is 4.86. The lowest BCUT2D eigenvalue weighted by Crippen LogP contribution is -2.36. The lowest BCUT2D eigenvalue weighted by molar-refractivity contribution is -0.112. The van der Waals surface area contributed by atoms with Gasteiger partial charge in [0, 0.05) is 17.7 Å². The minimum atomic E-state index is -0.572. The zero-order chi connectivity index (χ0) is 19.5. The first-order chi connectivity index (χ1) is 12.0. The van der Waals surface area contributed by atoms with E-state index in [1.165, 1.54) is 25.5 Å². The van der Waals surface area contributed by atoms with E-state index in [-0.39, 0.29) is 16.5 Å². The molecular weight excluding hydrogens is 326 g/mol. The molecule has 0 bridgehead atoms. The van der Waals surface area contributed by atoms with Crippen LogP contribution in [0.2, 0.25) is 0 Å². The van der Waals surface area contributed by atoms with Gasteiger partial charge in [0.15, 0.2) is 0 Å². The molecule has 1 saturated carbocycles. The van der Waals surface area contributed by atoms with E-state index in [2.05, 4.69) is 49.9 Å². The number of carbonyl (C=O) groups excluding carboxylic acids is 1. The molecule has 146 valence electrons. The van der Waals surface area contributed by atoms with Gasteiger partial charge in [-0.15, -0.1) is 0 Å². The predicted molar refractivity (Wildman–Crippen MR) is 108 cm³/mol. The predicted octanol–water partition coefficient (Wildman–Crippen LogP) is 3.87. The highest BCUT2D eigenvalue weighted by molar-refractivity contribution is 6.17. The molecule has 0 saturated heterocycles. The Morgan fingerprint density at radius 3 is 2.35 bits per heavy atom. The van der Waals surface area contributed by atoms with Gasteiger partial charge in [-0.05, 0) is 38.5 Å². The van der Waals surface area contributed by atoms with E-state index in [9.17, 15) is 4.79 Å². The highest BCUT2D eigenvalue weighted by Crippen LogP contribution is 2.38. The Kier molecular flexibility index (Phi) is 6.04. The zero-order valence-electron chi connectivity index (χ0n) is 16.9. The Labute approximate surface area is 157 Å². The van der Waals surface area contributed by atoms with Crippen LogP contribution in [0.25, 0.3) is 5.57 Å². The minimum absolute atomic E-state index is 0.132. The number of imidazole rings is 1. The second-order valence-electron chi connectivity index (χ2n) is 9.37. The fourth-order valence-electron chi connectivity index (χ4n) is 4.26. The molecule has 0 unspecified atom stereocenters. The normalized spacial score (nSPS) is 17.3. The van der Waals surface area contributed by atoms with Crippen LogP contribution < -0.4 is 16.8 Å². The summed E-state index contributed by atoms with van der Waals surface area (Å²) in [6.45, 7) is 11.1. The molecule has 6 nitrogen and oxygen atoms in total. The Morgan fingerprint density at radius 1 is 1.23 bits per heavy atom. The molecule has 0 radical (unpaired) electrons. The van der Waals surface area contributed by atoms with Crippen molar-refractivity contribution < 1.29 is 4.79 Å². The third-order valence-corrected chi connectivity index (χ3v) is 4.86. The van der Waals surface area contributed by atoms with Crippen LogP contribution in [0.15, 0.2) is 6.20 Å². The summed E-state index contributed by atoms with van der Waals surface area (Å²) >= 11 is 0.